The fraction of sp³-hybridized carbons (Fsp3) is 0.385. The van der Waals surface area contributed by atoms with Gasteiger partial charge >= 0.3 is 6.09 Å². The van der Waals surface area contributed by atoms with Gasteiger partial charge in [-0.15, -0.1) is 0 Å². The summed E-state index contributed by atoms with van der Waals surface area (Å²) in [4.78, 5) is 11.8. The molecule has 1 amide bonds. The van der Waals surface area contributed by atoms with E-state index in [0.717, 1.165) is 16.8 Å². The Bertz CT molecular complexity index is 629. The molecule has 2 aromatic rings. The maximum atomic E-state index is 11.8. The van der Waals surface area contributed by atoms with Crippen LogP contribution in [0.4, 0.5) is 10.5 Å². The zero-order valence-electron chi connectivity index (χ0n) is 11.9. The molecule has 2 heterocycles. The van der Waals surface area contributed by atoms with E-state index >= 15 is 0 Å². The lowest BCUT2D eigenvalue weighted by Crippen LogP contribution is -2.27. The molecule has 0 atom stereocenters. The molecule has 1 N–H and O–H groups in total. The number of ether oxygens (including phenoxy) is 1. The molecule has 0 saturated heterocycles. The van der Waals surface area contributed by atoms with Crippen molar-refractivity contribution in [2.45, 2.75) is 33.3 Å². The van der Waals surface area contributed by atoms with Gasteiger partial charge in [0.2, 0.25) is 0 Å². The zero-order valence-corrected chi connectivity index (χ0v) is 11.9. The summed E-state index contributed by atoms with van der Waals surface area (Å²) in [6.45, 7) is 7.36. The second-order valence-electron chi connectivity index (χ2n) is 5.55. The second kappa shape index (κ2) is 4.61. The van der Waals surface area contributed by atoms with Gasteiger partial charge in [-0.3, -0.25) is 5.32 Å². The molecule has 0 saturated carbocycles. The number of aromatic nitrogens is 2. The Hall–Kier alpha value is -1.98. The molecule has 0 fully saturated rings. The number of hydrogen-bond donors (Lipinski definition) is 1. The zero-order chi connectivity index (χ0) is 14.2. The molecule has 0 aromatic carbocycles. The minimum Gasteiger partial charge on any atom is -0.444 e. The van der Waals surface area contributed by atoms with Crippen LogP contribution in [0.5, 0.6) is 0 Å². The van der Waals surface area contributed by atoms with E-state index < -0.39 is 11.7 Å². The highest BCUT2D eigenvalue weighted by Gasteiger charge is 2.19. The third-order valence-electron chi connectivity index (χ3n) is 2.65. The summed E-state index contributed by atoms with van der Waals surface area (Å²) < 4.78 is 7.07. The summed E-state index contributed by atoms with van der Waals surface area (Å²) in [6, 6.07) is 5.82. The first kappa shape index (κ1) is 13.5. The smallest absolute Gasteiger partial charge is 0.412 e. The third-order valence-corrected chi connectivity index (χ3v) is 2.65. The van der Waals surface area contributed by atoms with Crippen LogP contribution in [0.1, 0.15) is 26.5 Å². The average molecular weight is 259 g/mol. The van der Waals surface area contributed by atoms with Crippen LogP contribution >= 0.6 is 0 Å². The molecule has 0 aliphatic carbocycles. The van der Waals surface area contributed by atoms with Crippen molar-refractivity contribution < 1.29 is 9.53 Å². The van der Waals surface area contributed by atoms with Crippen molar-refractivity contribution in [3.8, 4) is 0 Å². The van der Waals surface area contributed by atoms with E-state index in [9.17, 15) is 4.79 Å². The molecule has 0 spiro atoms. The van der Waals surface area contributed by atoms with E-state index in [1.165, 1.54) is 0 Å². The Kier molecular flexibility index (Phi) is 3.26. The number of amides is 1. The molecule has 0 aliphatic rings. The lowest BCUT2D eigenvalue weighted by atomic mass is 10.0. The number of anilines is 1. The van der Waals surface area contributed by atoms with Crippen molar-refractivity contribution in [1.29, 1.82) is 0 Å². The van der Waals surface area contributed by atoms with E-state index in [1.54, 1.807) is 0 Å². The molecule has 19 heavy (non-hydrogen) atoms. The van der Waals surface area contributed by atoms with E-state index in [4.69, 9.17) is 4.74 Å². The van der Waals surface area contributed by atoms with Gasteiger partial charge in [-0.25, -0.2) is 9.31 Å². The topological polar surface area (TPSA) is 55.6 Å². The number of nitrogens with zero attached hydrogens (tertiary/aromatic N) is 2. The molecule has 2 rings (SSSR count). The fourth-order valence-electron chi connectivity index (χ4n) is 1.88. The monoisotopic (exact) mass is 259 g/mol. The first-order chi connectivity index (χ1) is 8.78. The molecule has 6 heteroatoms. The van der Waals surface area contributed by atoms with Gasteiger partial charge < -0.3 is 4.74 Å². The molecule has 0 aliphatic heterocycles. The molecular weight excluding hydrogens is 241 g/mol. The molecular formula is C13H18BN3O2. The molecule has 0 unspecified atom stereocenters. The number of nitrogens with one attached hydrogen (secondary N) is 1. The Morgan fingerprint density at radius 1 is 1.42 bits per heavy atom. The first-order valence-electron chi connectivity index (χ1n) is 6.23. The lowest BCUT2D eigenvalue weighted by molar-refractivity contribution is 0.0636. The van der Waals surface area contributed by atoms with Gasteiger partial charge in [-0.05, 0) is 39.4 Å². The summed E-state index contributed by atoms with van der Waals surface area (Å²) in [7, 11) is 1.97. The SMILES string of the molecule is Bc1cccc2c(NC(=O)OC(C)(C)C)c(C)nn12. The molecule has 0 radical (unpaired) electrons. The number of carbonyl (C=O) groups excluding carboxylic acids is 1. The molecule has 0 bridgehead atoms. The van der Waals surface area contributed by atoms with Crippen molar-refractivity contribution in [2.75, 3.05) is 5.32 Å². The molecule has 100 valence electrons. The summed E-state index contributed by atoms with van der Waals surface area (Å²) in [5.74, 6) is 0. The Morgan fingerprint density at radius 2 is 2.11 bits per heavy atom. The fourth-order valence-corrected chi connectivity index (χ4v) is 1.88. The van der Waals surface area contributed by atoms with Crippen LogP contribution in [0.3, 0.4) is 0 Å². The normalized spacial score (nSPS) is 11.6. The largest absolute Gasteiger partial charge is 0.444 e. The van der Waals surface area contributed by atoms with Crippen molar-refractivity contribution in [3.05, 3.63) is 23.9 Å². The summed E-state index contributed by atoms with van der Waals surface area (Å²) in [5.41, 5.74) is 2.82. The van der Waals surface area contributed by atoms with Crippen molar-refractivity contribution in [3.63, 3.8) is 0 Å². The van der Waals surface area contributed by atoms with Gasteiger partial charge in [-0.1, -0.05) is 12.1 Å². The van der Waals surface area contributed by atoms with Gasteiger partial charge in [0.05, 0.1) is 16.9 Å². The molecule has 2 aromatic heterocycles. The van der Waals surface area contributed by atoms with Gasteiger partial charge in [0.15, 0.2) is 7.85 Å². The van der Waals surface area contributed by atoms with Crippen LogP contribution in [0.2, 0.25) is 0 Å². The predicted molar refractivity (Wildman–Crippen MR) is 78.0 cm³/mol. The lowest BCUT2D eigenvalue weighted by Gasteiger charge is -2.19. The number of rotatable bonds is 1. The average Bonchev–Trinajstić information content (AvgIpc) is 2.55. The Balaban J connectivity index is 2.33. The number of carbonyl (C=O) groups is 1. The van der Waals surface area contributed by atoms with Gasteiger partial charge in [0.1, 0.15) is 5.60 Å². The van der Waals surface area contributed by atoms with E-state index in [0.29, 0.717) is 5.69 Å². The van der Waals surface area contributed by atoms with Crippen LogP contribution in [-0.4, -0.2) is 29.2 Å². The summed E-state index contributed by atoms with van der Waals surface area (Å²) >= 11 is 0. The maximum absolute atomic E-state index is 11.8. The van der Waals surface area contributed by atoms with Gasteiger partial charge in [0, 0.05) is 0 Å². The van der Waals surface area contributed by atoms with Crippen LogP contribution in [0.15, 0.2) is 18.2 Å². The minimum absolute atomic E-state index is 0.466. The summed E-state index contributed by atoms with van der Waals surface area (Å²) in [6.07, 6.45) is -0.466. The quantitative estimate of drug-likeness (QED) is 0.784. The number of hydrogen-bond acceptors (Lipinski definition) is 3. The maximum Gasteiger partial charge on any atom is 0.412 e. The highest BCUT2D eigenvalue weighted by atomic mass is 16.6. The van der Waals surface area contributed by atoms with E-state index in [1.807, 2.05) is 58.3 Å². The second-order valence-corrected chi connectivity index (χ2v) is 5.55. The number of fused-ring (bicyclic) bond motifs is 1. The van der Waals surface area contributed by atoms with Crippen molar-refractivity contribution in [2.24, 2.45) is 0 Å². The van der Waals surface area contributed by atoms with E-state index in [2.05, 4.69) is 10.4 Å². The summed E-state index contributed by atoms with van der Waals surface area (Å²) in [5, 5.41) is 7.18. The van der Waals surface area contributed by atoms with Gasteiger partial charge in [0.25, 0.3) is 0 Å². The highest BCUT2D eigenvalue weighted by molar-refractivity contribution is 6.31. The number of aryl methyl sites for hydroxylation is 1. The number of pyridine rings is 1. The molecule has 5 nitrogen and oxygen atoms in total. The minimum atomic E-state index is -0.517. The van der Waals surface area contributed by atoms with Crippen LogP contribution < -0.4 is 10.9 Å². The predicted octanol–water partition coefficient (Wildman–Crippen LogP) is 1.25. The Morgan fingerprint density at radius 3 is 2.74 bits per heavy atom. The van der Waals surface area contributed by atoms with Crippen LogP contribution in [0.25, 0.3) is 5.52 Å². The van der Waals surface area contributed by atoms with Crippen LogP contribution in [0, 0.1) is 6.92 Å². The van der Waals surface area contributed by atoms with E-state index in [-0.39, 0.29) is 0 Å². The highest BCUT2D eigenvalue weighted by Crippen LogP contribution is 2.21. The van der Waals surface area contributed by atoms with Crippen molar-refractivity contribution in [1.82, 2.24) is 9.61 Å². The third kappa shape index (κ3) is 2.89. The van der Waals surface area contributed by atoms with Gasteiger partial charge in [-0.2, -0.15) is 5.10 Å². The first-order valence-corrected chi connectivity index (χ1v) is 6.23. The Labute approximate surface area is 113 Å². The van der Waals surface area contributed by atoms with Crippen molar-refractivity contribution >= 4 is 30.7 Å². The van der Waals surface area contributed by atoms with Crippen LogP contribution in [-0.2, 0) is 4.74 Å². The standard InChI is InChI=1S/C13H18BN3O2/c1-8-11(15-12(18)19-13(2,3)4)9-6-5-7-10(14)17(9)16-8/h5-7H,14H2,1-4H3,(H,15,18).